The van der Waals surface area contributed by atoms with Gasteiger partial charge in [0.2, 0.25) is 0 Å². The van der Waals surface area contributed by atoms with Crippen molar-refractivity contribution in [3.05, 3.63) is 12.2 Å². The average molecular weight is 239 g/mol. The molecule has 1 aliphatic carbocycles. The van der Waals surface area contributed by atoms with Crippen LogP contribution in [0.2, 0.25) is 0 Å². The summed E-state index contributed by atoms with van der Waals surface area (Å²) in [6.45, 7) is 6.10. The van der Waals surface area contributed by atoms with E-state index in [0.717, 1.165) is 18.8 Å². The third-order valence-corrected chi connectivity index (χ3v) is 4.04. The van der Waals surface area contributed by atoms with Crippen molar-refractivity contribution < 1.29 is 4.74 Å². The molecule has 0 bridgehead atoms. The van der Waals surface area contributed by atoms with Gasteiger partial charge in [0, 0.05) is 13.2 Å². The third-order valence-electron chi connectivity index (χ3n) is 4.04. The van der Waals surface area contributed by atoms with Gasteiger partial charge in [0.25, 0.3) is 0 Å². The van der Waals surface area contributed by atoms with Crippen LogP contribution in [-0.4, -0.2) is 26.3 Å². The number of allylic oxidation sites excluding steroid dienone is 1. The first-order chi connectivity index (χ1) is 8.19. The van der Waals surface area contributed by atoms with E-state index in [-0.39, 0.29) is 0 Å². The average Bonchev–Trinajstić information content (AvgIpc) is 2.35. The molecule has 1 aliphatic rings. The van der Waals surface area contributed by atoms with E-state index in [2.05, 4.69) is 25.9 Å². The minimum atomic E-state index is 0.375. The predicted molar refractivity (Wildman–Crippen MR) is 74.3 cm³/mol. The molecule has 0 aromatic heterocycles. The maximum Gasteiger partial charge on any atom is 0.0752 e. The highest BCUT2D eigenvalue weighted by Gasteiger charge is 2.29. The Morgan fingerprint density at radius 2 is 2.00 bits per heavy atom. The molecule has 100 valence electrons. The molecule has 0 aliphatic heterocycles. The van der Waals surface area contributed by atoms with E-state index >= 15 is 0 Å². The van der Waals surface area contributed by atoms with Crippen LogP contribution >= 0.6 is 0 Å². The van der Waals surface area contributed by atoms with Crippen LogP contribution in [0.3, 0.4) is 0 Å². The second-order valence-electron chi connectivity index (χ2n) is 5.49. The molecule has 0 aromatic rings. The van der Waals surface area contributed by atoms with Gasteiger partial charge in [-0.3, -0.25) is 0 Å². The van der Waals surface area contributed by atoms with E-state index in [1.807, 2.05) is 7.11 Å². The van der Waals surface area contributed by atoms with Crippen molar-refractivity contribution in [2.24, 2.45) is 5.92 Å². The Balaban J connectivity index is 2.51. The molecule has 1 saturated carbocycles. The van der Waals surface area contributed by atoms with E-state index in [1.165, 1.54) is 37.7 Å². The van der Waals surface area contributed by atoms with Gasteiger partial charge < -0.3 is 10.1 Å². The van der Waals surface area contributed by atoms with Gasteiger partial charge in [-0.2, -0.15) is 0 Å². The maximum atomic E-state index is 5.78. The Morgan fingerprint density at radius 1 is 1.35 bits per heavy atom. The monoisotopic (exact) mass is 239 g/mol. The topological polar surface area (TPSA) is 21.3 Å². The van der Waals surface area contributed by atoms with Gasteiger partial charge in [0.15, 0.2) is 0 Å². The van der Waals surface area contributed by atoms with E-state index in [0.29, 0.717) is 12.1 Å². The van der Waals surface area contributed by atoms with Crippen LogP contribution in [0.4, 0.5) is 0 Å². The molecule has 0 spiro atoms. The summed E-state index contributed by atoms with van der Waals surface area (Å²) in [6.07, 6.45) is 9.44. The number of hydrogen-bond donors (Lipinski definition) is 1. The minimum Gasteiger partial charge on any atom is -0.380 e. The zero-order valence-corrected chi connectivity index (χ0v) is 11.8. The van der Waals surface area contributed by atoms with Gasteiger partial charge in [0.05, 0.1) is 6.10 Å². The molecule has 0 saturated heterocycles. The molecule has 1 N–H and O–H groups in total. The van der Waals surface area contributed by atoms with Gasteiger partial charge in [-0.05, 0) is 45.6 Å². The lowest BCUT2D eigenvalue weighted by Crippen LogP contribution is -2.44. The maximum absolute atomic E-state index is 5.78. The molecule has 2 unspecified atom stereocenters. The highest BCUT2D eigenvalue weighted by molar-refractivity contribution is 4.92. The van der Waals surface area contributed by atoms with Gasteiger partial charge in [-0.1, -0.05) is 24.8 Å². The van der Waals surface area contributed by atoms with Crippen LogP contribution in [0, 0.1) is 5.92 Å². The fourth-order valence-electron chi connectivity index (χ4n) is 3.02. The second-order valence-corrected chi connectivity index (χ2v) is 5.49. The zero-order chi connectivity index (χ0) is 12.7. The van der Waals surface area contributed by atoms with Crippen LogP contribution in [0.5, 0.6) is 0 Å². The van der Waals surface area contributed by atoms with Crippen molar-refractivity contribution in [1.29, 1.82) is 0 Å². The van der Waals surface area contributed by atoms with Crippen LogP contribution in [0.25, 0.3) is 0 Å². The summed E-state index contributed by atoms with van der Waals surface area (Å²) in [7, 11) is 3.92. The van der Waals surface area contributed by atoms with Gasteiger partial charge in [-0.15, -0.1) is 6.58 Å². The van der Waals surface area contributed by atoms with E-state index in [9.17, 15) is 0 Å². The van der Waals surface area contributed by atoms with Crippen molar-refractivity contribution in [2.45, 2.75) is 64.0 Å². The number of hydrogen-bond acceptors (Lipinski definition) is 2. The Bertz CT molecular complexity index is 221. The summed E-state index contributed by atoms with van der Waals surface area (Å²) in [5, 5.41) is 3.44. The van der Waals surface area contributed by atoms with Gasteiger partial charge >= 0.3 is 0 Å². The summed E-state index contributed by atoms with van der Waals surface area (Å²) in [5.41, 5.74) is 1.27. The van der Waals surface area contributed by atoms with E-state index < -0.39 is 0 Å². The highest BCUT2D eigenvalue weighted by atomic mass is 16.5. The number of methoxy groups -OCH3 is 1. The molecule has 2 atom stereocenters. The fraction of sp³-hybridized carbons (Fsp3) is 0.867. The molecular weight excluding hydrogens is 210 g/mol. The molecular formula is C15H29NO. The van der Waals surface area contributed by atoms with E-state index in [1.54, 1.807) is 0 Å². The molecule has 2 heteroatoms. The highest BCUT2D eigenvalue weighted by Crippen LogP contribution is 2.30. The summed E-state index contributed by atoms with van der Waals surface area (Å²) in [5.74, 6) is 0.747. The van der Waals surface area contributed by atoms with Crippen molar-refractivity contribution in [2.75, 3.05) is 14.2 Å². The van der Waals surface area contributed by atoms with Crippen LogP contribution in [0.1, 0.15) is 51.9 Å². The molecule has 2 nitrogen and oxygen atoms in total. The summed E-state index contributed by atoms with van der Waals surface area (Å²) in [6, 6.07) is 0.472. The molecule has 1 rings (SSSR count). The molecule has 1 fully saturated rings. The minimum absolute atomic E-state index is 0.375. The second kappa shape index (κ2) is 7.88. The van der Waals surface area contributed by atoms with Crippen LogP contribution in [-0.2, 0) is 4.74 Å². The van der Waals surface area contributed by atoms with Crippen molar-refractivity contribution in [3.63, 3.8) is 0 Å². The van der Waals surface area contributed by atoms with Gasteiger partial charge in [-0.25, -0.2) is 0 Å². The predicted octanol–water partition coefficient (Wildman–Crippen LogP) is 3.53. The molecule has 0 amide bonds. The van der Waals surface area contributed by atoms with Crippen molar-refractivity contribution in [3.8, 4) is 0 Å². The summed E-state index contributed by atoms with van der Waals surface area (Å²) in [4.78, 5) is 0. The fourth-order valence-corrected chi connectivity index (χ4v) is 3.02. The van der Waals surface area contributed by atoms with Crippen molar-refractivity contribution >= 4 is 0 Å². The zero-order valence-electron chi connectivity index (χ0n) is 11.8. The third kappa shape index (κ3) is 4.81. The van der Waals surface area contributed by atoms with E-state index in [4.69, 9.17) is 4.74 Å². The normalized spacial score (nSPS) is 21.1. The van der Waals surface area contributed by atoms with Crippen molar-refractivity contribution in [1.82, 2.24) is 5.32 Å². The largest absolute Gasteiger partial charge is 0.380 e. The van der Waals surface area contributed by atoms with Crippen LogP contribution < -0.4 is 5.32 Å². The molecule has 0 radical (unpaired) electrons. The van der Waals surface area contributed by atoms with Gasteiger partial charge in [0.1, 0.15) is 0 Å². The number of likely N-dealkylation sites (N-methyl/N-ethyl adjacent to an activating group) is 1. The number of rotatable bonds is 7. The smallest absolute Gasteiger partial charge is 0.0752 e. The molecule has 0 heterocycles. The number of nitrogens with one attached hydrogen (secondary N) is 1. The lowest BCUT2D eigenvalue weighted by molar-refractivity contribution is 0.00809. The first-order valence-corrected chi connectivity index (χ1v) is 7.03. The Kier molecular flexibility index (Phi) is 6.83. The standard InChI is InChI=1S/C15H29NO/c1-12(2)10-11-14(16-3)15(17-4)13-8-6-5-7-9-13/h13-16H,1,5-11H2,2-4H3. The lowest BCUT2D eigenvalue weighted by Gasteiger charge is -2.35. The quantitative estimate of drug-likeness (QED) is 0.686. The molecule has 0 aromatic carbocycles. The Hall–Kier alpha value is -0.340. The number of ether oxygens (including phenoxy) is 1. The van der Waals surface area contributed by atoms with Crippen LogP contribution in [0.15, 0.2) is 12.2 Å². The Morgan fingerprint density at radius 3 is 2.47 bits per heavy atom. The first kappa shape index (κ1) is 14.7. The lowest BCUT2D eigenvalue weighted by atomic mass is 9.81. The first-order valence-electron chi connectivity index (χ1n) is 7.03. The summed E-state index contributed by atoms with van der Waals surface area (Å²) >= 11 is 0. The Labute approximate surface area is 107 Å². The SMILES string of the molecule is C=C(C)CCC(NC)C(OC)C1CCCCC1. The summed E-state index contributed by atoms with van der Waals surface area (Å²) < 4.78 is 5.78. The molecule has 17 heavy (non-hydrogen) atoms.